The number of halogens is 1. The second kappa shape index (κ2) is 4.03. The van der Waals surface area contributed by atoms with Crippen LogP contribution in [0.2, 0.25) is 0 Å². The summed E-state index contributed by atoms with van der Waals surface area (Å²) in [5.41, 5.74) is 7.75. The van der Waals surface area contributed by atoms with Gasteiger partial charge < -0.3 is 19.8 Å². The lowest BCUT2D eigenvalue weighted by molar-refractivity contribution is 0.147. The van der Waals surface area contributed by atoms with Crippen molar-refractivity contribution in [1.29, 1.82) is 0 Å². The molecule has 0 aliphatic carbocycles. The molecule has 1 aromatic rings. The Labute approximate surface area is 102 Å². The first-order valence-electron chi connectivity index (χ1n) is 5.23. The first-order chi connectivity index (χ1) is 7.81. The van der Waals surface area contributed by atoms with E-state index in [0.29, 0.717) is 19.8 Å². The first-order valence-corrected chi connectivity index (χ1v) is 6.03. The second-order valence-electron chi connectivity index (χ2n) is 3.78. The molecule has 2 N–H and O–H groups in total. The SMILES string of the molecule is NC[C@H]1OB2OCCOc3ccc(Br)c1c32. The van der Waals surface area contributed by atoms with Crippen molar-refractivity contribution in [2.45, 2.75) is 6.10 Å². The molecule has 4 nitrogen and oxygen atoms in total. The summed E-state index contributed by atoms with van der Waals surface area (Å²) in [6.07, 6.45) is -0.115. The highest BCUT2D eigenvalue weighted by molar-refractivity contribution is 9.10. The predicted molar refractivity (Wildman–Crippen MR) is 63.9 cm³/mol. The number of nitrogens with two attached hydrogens (primary N) is 1. The second-order valence-corrected chi connectivity index (χ2v) is 4.64. The van der Waals surface area contributed by atoms with Crippen LogP contribution in [-0.4, -0.2) is 26.9 Å². The number of hydrogen-bond acceptors (Lipinski definition) is 4. The molecule has 0 saturated heterocycles. The highest BCUT2D eigenvalue weighted by Gasteiger charge is 2.42. The van der Waals surface area contributed by atoms with E-state index >= 15 is 0 Å². The van der Waals surface area contributed by atoms with Gasteiger partial charge >= 0.3 is 7.12 Å². The minimum absolute atomic E-state index is 0.115. The smallest absolute Gasteiger partial charge is 0.492 e. The Kier molecular flexibility index (Phi) is 2.67. The Balaban J connectivity index is 2.17. The van der Waals surface area contributed by atoms with Crippen molar-refractivity contribution >= 4 is 28.5 Å². The van der Waals surface area contributed by atoms with Crippen molar-refractivity contribution in [2.75, 3.05) is 19.8 Å². The van der Waals surface area contributed by atoms with Gasteiger partial charge in [0.15, 0.2) is 0 Å². The Bertz CT molecular complexity index is 429. The molecule has 0 fully saturated rings. The van der Waals surface area contributed by atoms with Gasteiger partial charge in [-0.15, -0.1) is 0 Å². The van der Waals surface area contributed by atoms with Crippen molar-refractivity contribution in [3.8, 4) is 5.75 Å². The zero-order chi connectivity index (χ0) is 11.1. The third-order valence-electron chi connectivity index (χ3n) is 2.86. The molecule has 0 spiro atoms. The number of ether oxygens (including phenoxy) is 1. The molecule has 6 heteroatoms. The predicted octanol–water partition coefficient (Wildman–Crippen LogP) is 0.583. The molecule has 3 rings (SSSR count). The molecular formula is C10H11BBrNO3. The summed E-state index contributed by atoms with van der Waals surface area (Å²) in [5.74, 6) is 0.844. The molecule has 1 aromatic carbocycles. The summed E-state index contributed by atoms with van der Waals surface area (Å²) >= 11 is 3.52. The number of hydrogen-bond donors (Lipinski definition) is 1. The maximum Gasteiger partial charge on any atom is 0.498 e. The summed E-state index contributed by atoms with van der Waals surface area (Å²) in [6.45, 7) is 1.53. The van der Waals surface area contributed by atoms with Crippen LogP contribution in [0.5, 0.6) is 5.75 Å². The Morgan fingerprint density at radius 3 is 3.12 bits per heavy atom. The Morgan fingerprint density at radius 2 is 2.31 bits per heavy atom. The van der Waals surface area contributed by atoms with Gasteiger partial charge in [0.25, 0.3) is 0 Å². The summed E-state index contributed by atoms with van der Waals surface area (Å²) < 4.78 is 18.0. The van der Waals surface area contributed by atoms with E-state index in [0.717, 1.165) is 21.2 Å². The van der Waals surface area contributed by atoms with Gasteiger partial charge in [0.1, 0.15) is 12.4 Å². The minimum atomic E-state index is -0.335. The molecule has 2 aliphatic rings. The van der Waals surface area contributed by atoms with Crippen molar-refractivity contribution < 1.29 is 14.0 Å². The topological polar surface area (TPSA) is 53.7 Å². The third kappa shape index (κ3) is 1.49. The minimum Gasteiger partial charge on any atom is -0.492 e. The molecule has 0 bridgehead atoms. The third-order valence-corrected chi connectivity index (χ3v) is 3.56. The van der Waals surface area contributed by atoms with Gasteiger partial charge in [-0.1, -0.05) is 15.9 Å². The van der Waals surface area contributed by atoms with Crippen molar-refractivity contribution in [1.82, 2.24) is 0 Å². The molecule has 1 atom stereocenters. The van der Waals surface area contributed by atoms with Gasteiger partial charge in [-0.25, -0.2) is 0 Å². The van der Waals surface area contributed by atoms with Gasteiger partial charge in [-0.3, -0.25) is 0 Å². The lowest BCUT2D eigenvalue weighted by Crippen LogP contribution is -2.31. The van der Waals surface area contributed by atoms with Crippen LogP contribution in [0.15, 0.2) is 16.6 Å². The monoisotopic (exact) mass is 283 g/mol. The van der Waals surface area contributed by atoms with E-state index in [-0.39, 0.29) is 13.2 Å². The van der Waals surface area contributed by atoms with Crippen LogP contribution < -0.4 is 15.9 Å². The van der Waals surface area contributed by atoms with Crippen LogP contribution in [0, 0.1) is 0 Å². The lowest BCUT2D eigenvalue weighted by atomic mass is 9.78. The van der Waals surface area contributed by atoms with E-state index in [9.17, 15) is 0 Å². The first kappa shape index (κ1) is 10.6. The molecule has 0 aromatic heterocycles. The summed E-state index contributed by atoms with van der Waals surface area (Å²) in [5, 5.41) is 0. The fraction of sp³-hybridized carbons (Fsp3) is 0.400. The van der Waals surface area contributed by atoms with E-state index < -0.39 is 0 Å². The van der Waals surface area contributed by atoms with Crippen LogP contribution in [0.1, 0.15) is 11.7 Å². The van der Waals surface area contributed by atoms with Gasteiger partial charge in [0.05, 0.1) is 12.7 Å². The maximum atomic E-state index is 5.77. The summed E-state index contributed by atoms with van der Waals surface area (Å²) in [6, 6.07) is 3.90. The van der Waals surface area contributed by atoms with Crippen molar-refractivity contribution in [2.24, 2.45) is 5.73 Å². The standard InChI is InChI=1S/C10H11BBrNO3/c12-6-1-2-7-10-9(6)8(5-13)16-11(10)15-4-3-14-7/h1-2,8H,3-5,13H2/t8-/m1/s1. The molecule has 0 unspecified atom stereocenters. The van der Waals surface area contributed by atoms with Crippen LogP contribution in [0.4, 0.5) is 0 Å². The molecule has 2 aliphatic heterocycles. The zero-order valence-corrected chi connectivity index (χ0v) is 10.2. The molecule has 0 radical (unpaired) electrons. The summed E-state index contributed by atoms with van der Waals surface area (Å²) in [7, 11) is -0.335. The van der Waals surface area contributed by atoms with E-state index in [1.54, 1.807) is 0 Å². The fourth-order valence-electron chi connectivity index (χ4n) is 2.17. The molecular weight excluding hydrogens is 273 g/mol. The molecule has 16 heavy (non-hydrogen) atoms. The van der Waals surface area contributed by atoms with Crippen LogP contribution >= 0.6 is 15.9 Å². The largest absolute Gasteiger partial charge is 0.498 e. The van der Waals surface area contributed by atoms with Crippen molar-refractivity contribution in [3.63, 3.8) is 0 Å². The molecule has 0 amide bonds. The van der Waals surface area contributed by atoms with Crippen molar-refractivity contribution in [3.05, 3.63) is 22.2 Å². The molecule has 2 heterocycles. The fourth-order valence-corrected chi connectivity index (χ4v) is 2.78. The number of benzene rings is 1. The Hall–Kier alpha value is -0.555. The van der Waals surface area contributed by atoms with E-state index in [2.05, 4.69) is 15.9 Å². The quantitative estimate of drug-likeness (QED) is 0.767. The molecule has 84 valence electrons. The average Bonchev–Trinajstić information content (AvgIpc) is 2.55. The van der Waals surface area contributed by atoms with Gasteiger partial charge in [-0.05, 0) is 17.7 Å². The van der Waals surface area contributed by atoms with Gasteiger partial charge in [-0.2, -0.15) is 0 Å². The maximum absolute atomic E-state index is 5.77. The Morgan fingerprint density at radius 1 is 1.44 bits per heavy atom. The van der Waals surface area contributed by atoms with Crippen LogP contribution in [0.3, 0.4) is 0 Å². The molecule has 0 saturated carbocycles. The van der Waals surface area contributed by atoms with Gasteiger partial charge in [0, 0.05) is 16.5 Å². The normalized spacial score (nSPS) is 22.6. The van der Waals surface area contributed by atoms with E-state index in [1.807, 2.05) is 12.1 Å². The van der Waals surface area contributed by atoms with Gasteiger partial charge in [0.2, 0.25) is 0 Å². The van der Waals surface area contributed by atoms with Crippen LogP contribution in [0.25, 0.3) is 0 Å². The zero-order valence-electron chi connectivity index (χ0n) is 8.61. The highest BCUT2D eigenvalue weighted by atomic mass is 79.9. The lowest BCUT2D eigenvalue weighted by Gasteiger charge is -2.13. The highest BCUT2D eigenvalue weighted by Crippen LogP contribution is 2.34. The average molecular weight is 284 g/mol. The summed E-state index contributed by atoms with van der Waals surface area (Å²) in [4.78, 5) is 0. The number of rotatable bonds is 1. The van der Waals surface area contributed by atoms with E-state index in [4.69, 9.17) is 19.8 Å². The van der Waals surface area contributed by atoms with Crippen LogP contribution in [-0.2, 0) is 9.31 Å². The van der Waals surface area contributed by atoms with E-state index in [1.165, 1.54) is 0 Å².